The first-order valence-corrected chi connectivity index (χ1v) is 10.3. The highest BCUT2D eigenvalue weighted by molar-refractivity contribution is 6.35. The molecule has 1 aromatic heterocycles. The second-order valence-electron chi connectivity index (χ2n) is 6.56. The maximum Gasteiger partial charge on any atom is 0.207 e. The molecule has 0 aliphatic carbocycles. The molecule has 0 N–H and O–H groups in total. The lowest BCUT2D eigenvalue weighted by atomic mass is 10.1. The van der Waals surface area contributed by atoms with Gasteiger partial charge in [0.1, 0.15) is 5.69 Å². The SMILES string of the molecule is N#CN=C(c1cc(-c2ccc(Cl)cc2)n(-c2ccc(Cl)cc2Cl)n1)N1CCOCC1. The molecule has 0 atom stereocenters. The first kappa shape index (κ1) is 20.7. The molecular weight excluding hydrogens is 445 g/mol. The number of rotatable bonds is 3. The third-order valence-corrected chi connectivity index (χ3v) is 5.47. The Labute approximate surface area is 188 Å². The van der Waals surface area contributed by atoms with Crippen LogP contribution in [0.4, 0.5) is 0 Å². The molecule has 0 unspecified atom stereocenters. The van der Waals surface area contributed by atoms with Crippen molar-refractivity contribution in [1.29, 1.82) is 5.26 Å². The quantitative estimate of drug-likeness (QED) is 0.311. The Morgan fingerprint density at radius 3 is 2.37 bits per heavy atom. The Morgan fingerprint density at radius 2 is 1.70 bits per heavy atom. The van der Waals surface area contributed by atoms with Crippen LogP contribution in [0.2, 0.25) is 15.1 Å². The van der Waals surface area contributed by atoms with Crippen molar-refractivity contribution in [3.63, 3.8) is 0 Å². The molecule has 0 amide bonds. The van der Waals surface area contributed by atoms with Crippen LogP contribution in [0.15, 0.2) is 53.5 Å². The number of aliphatic imine (C=N–C) groups is 1. The summed E-state index contributed by atoms with van der Waals surface area (Å²) in [7, 11) is 0. The van der Waals surface area contributed by atoms with E-state index >= 15 is 0 Å². The highest BCUT2D eigenvalue weighted by Gasteiger charge is 2.23. The Bertz CT molecular complexity index is 1130. The second-order valence-corrected chi connectivity index (χ2v) is 7.84. The van der Waals surface area contributed by atoms with Gasteiger partial charge in [0.05, 0.1) is 29.6 Å². The van der Waals surface area contributed by atoms with Crippen LogP contribution in [-0.4, -0.2) is 46.8 Å². The molecule has 0 radical (unpaired) electrons. The van der Waals surface area contributed by atoms with Gasteiger partial charge in [-0.2, -0.15) is 15.4 Å². The van der Waals surface area contributed by atoms with E-state index in [1.165, 1.54) is 0 Å². The van der Waals surface area contributed by atoms with Gasteiger partial charge in [-0.25, -0.2) is 4.68 Å². The zero-order valence-electron chi connectivity index (χ0n) is 15.7. The van der Waals surface area contributed by atoms with Crippen molar-refractivity contribution < 1.29 is 4.74 Å². The highest BCUT2D eigenvalue weighted by atomic mass is 35.5. The molecule has 0 spiro atoms. The van der Waals surface area contributed by atoms with Crippen molar-refractivity contribution in [1.82, 2.24) is 14.7 Å². The number of nitrogens with zero attached hydrogens (tertiary/aromatic N) is 5. The van der Waals surface area contributed by atoms with Crippen molar-refractivity contribution in [3.8, 4) is 23.1 Å². The lowest BCUT2D eigenvalue weighted by Crippen LogP contribution is -2.41. The molecule has 1 saturated heterocycles. The third-order valence-electron chi connectivity index (χ3n) is 4.68. The average Bonchev–Trinajstić information content (AvgIpc) is 3.18. The molecule has 1 fully saturated rings. The number of hydrogen-bond donors (Lipinski definition) is 0. The summed E-state index contributed by atoms with van der Waals surface area (Å²) in [6.07, 6.45) is 1.89. The van der Waals surface area contributed by atoms with Crippen molar-refractivity contribution in [2.24, 2.45) is 4.99 Å². The van der Waals surface area contributed by atoms with Crippen molar-refractivity contribution in [2.75, 3.05) is 26.3 Å². The van der Waals surface area contributed by atoms with Gasteiger partial charge >= 0.3 is 0 Å². The molecule has 2 heterocycles. The van der Waals surface area contributed by atoms with Crippen molar-refractivity contribution in [2.45, 2.75) is 0 Å². The fraction of sp³-hybridized carbons (Fsp3) is 0.190. The summed E-state index contributed by atoms with van der Waals surface area (Å²) in [5.74, 6) is 0.500. The van der Waals surface area contributed by atoms with E-state index in [1.54, 1.807) is 22.9 Å². The van der Waals surface area contributed by atoms with Gasteiger partial charge in [-0.05, 0) is 36.4 Å². The van der Waals surface area contributed by atoms with Crippen molar-refractivity contribution >= 4 is 40.6 Å². The third kappa shape index (κ3) is 4.30. The topological polar surface area (TPSA) is 66.4 Å². The minimum Gasteiger partial charge on any atom is -0.378 e. The summed E-state index contributed by atoms with van der Waals surface area (Å²) in [6, 6.07) is 14.5. The first-order chi connectivity index (χ1) is 14.6. The van der Waals surface area contributed by atoms with E-state index < -0.39 is 0 Å². The minimum absolute atomic E-state index is 0.456. The predicted molar refractivity (Wildman–Crippen MR) is 119 cm³/mol. The number of nitriles is 1. The summed E-state index contributed by atoms with van der Waals surface area (Å²) in [6.45, 7) is 2.40. The Morgan fingerprint density at radius 1 is 1.00 bits per heavy atom. The molecule has 4 rings (SSSR count). The largest absolute Gasteiger partial charge is 0.378 e. The lowest BCUT2D eigenvalue weighted by molar-refractivity contribution is 0.0682. The van der Waals surface area contributed by atoms with Gasteiger partial charge in [0.25, 0.3) is 0 Å². The molecule has 2 aromatic carbocycles. The van der Waals surface area contributed by atoms with Crippen LogP contribution in [0, 0.1) is 11.5 Å². The Kier molecular flexibility index (Phi) is 6.26. The van der Waals surface area contributed by atoms with Gasteiger partial charge in [0, 0.05) is 28.7 Å². The molecule has 1 aliphatic heterocycles. The van der Waals surface area contributed by atoms with Gasteiger partial charge in [0.15, 0.2) is 5.84 Å². The van der Waals surface area contributed by atoms with Crippen LogP contribution in [0.5, 0.6) is 0 Å². The Hall–Kier alpha value is -2.56. The van der Waals surface area contributed by atoms with Crippen LogP contribution < -0.4 is 0 Å². The lowest BCUT2D eigenvalue weighted by Gasteiger charge is -2.28. The zero-order chi connectivity index (χ0) is 21.1. The molecule has 30 heavy (non-hydrogen) atoms. The van der Waals surface area contributed by atoms with Gasteiger partial charge in [-0.1, -0.05) is 46.9 Å². The average molecular weight is 461 g/mol. The molecule has 0 bridgehead atoms. The van der Waals surface area contributed by atoms with Gasteiger partial charge in [-0.15, -0.1) is 0 Å². The van der Waals surface area contributed by atoms with E-state index in [9.17, 15) is 5.26 Å². The first-order valence-electron chi connectivity index (χ1n) is 9.18. The predicted octanol–water partition coefficient (Wildman–Crippen LogP) is 5.06. The van der Waals surface area contributed by atoms with E-state index in [2.05, 4.69) is 4.99 Å². The normalized spacial score (nSPS) is 14.6. The smallest absolute Gasteiger partial charge is 0.207 e. The summed E-state index contributed by atoms with van der Waals surface area (Å²) >= 11 is 18.6. The van der Waals surface area contributed by atoms with Crippen LogP contribution >= 0.6 is 34.8 Å². The molecular formula is C21H16Cl3N5O. The molecule has 0 saturated carbocycles. The number of amidine groups is 1. The maximum absolute atomic E-state index is 9.26. The van der Waals surface area contributed by atoms with E-state index in [1.807, 2.05) is 41.4 Å². The monoisotopic (exact) mass is 459 g/mol. The second kappa shape index (κ2) is 9.07. The summed E-state index contributed by atoms with van der Waals surface area (Å²) in [5, 5.41) is 15.6. The van der Waals surface area contributed by atoms with Crippen LogP contribution in [0.25, 0.3) is 16.9 Å². The molecule has 6 nitrogen and oxygen atoms in total. The summed E-state index contributed by atoms with van der Waals surface area (Å²) in [5.41, 5.74) is 2.90. The van der Waals surface area contributed by atoms with Gasteiger partial charge in [0.2, 0.25) is 6.19 Å². The molecule has 1 aliphatic rings. The molecule has 152 valence electrons. The number of morpholine rings is 1. The minimum atomic E-state index is 0.456. The highest BCUT2D eigenvalue weighted by Crippen LogP contribution is 2.31. The van der Waals surface area contributed by atoms with E-state index in [-0.39, 0.29) is 0 Å². The molecule has 3 aromatic rings. The van der Waals surface area contributed by atoms with Crippen LogP contribution in [0.3, 0.4) is 0 Å². The number of halogens is 3. The van der Waals surface area contributed by atoms with Crippen LogP contribution in [0.1, 0.15) is 5.69 Å². The van der Waals surface area contributed by atoms with Gasteiger partial charge in [-0.3, -0.25) is 0 Å². The number of hydrogen-bond acceptors (Lipinski definition) is 4. The van der Waals surface area contributed by atoms with E-state index in [0.717, 1.165) is 11.3 Å². The fourth-order valence-corrected chi connectivity index (χ4v) is 3.88. The summed E-state index contributed by atoms with van der Waals surface area (Å²) < 4.78 is 7.15. The standard InChI is InChI=1S/C21H16Cl3N5O/c22-15-3-1-14(2-4-15)20-12-18(21(26-13-25)28-7-9-30-10-8-28)27-29(20)19-6-5-16(23)11-17(19)24/h1-6,11-12H,7-10H2. The maximum atomic E-state index is 9.26. The Balaban J connectivity index is 1.87. The van der Waals surface area contributed by atoms with Gasteiger partial charge < -0.3 is 9.64 Å². The number of benzene rings is 2. The summed E-state index contributed by atoms with van der Waals surface area (Å²) in [4.78, 5) is 6.05. The number of aromatic nitrogens is 2. The fourth-order valence-electron chi connectivity index (χ4n) is 3.27. The van der Waals surface area contributed by atoms with E-state index in [0.29, 0.717) is 58.6 Å². The van der Waals surface area contributed by atoms with Crippen molar-refractivity contribution in [3.05, 3.63) is 69.3 Å². The van der Waals surface area contributed by atoms with Crippen LogP contribution in [-0.2, 0) is 4.74 Å². The number of ether oxygens (including phenoxy) is 1. The van der Waals surface area contributed by atoms with E-state index in [4.69, 9.17) is 44.6 Å². The molecule has 9 heteroatoms. The zero-order valence-corrected chi connectivity index (χ0v) is 18.0.